The van der Waals surface area contributed by atoms with Crippen LogP contribution in [0.1, 0.15) is 35.7 Å². The lowest BCUT2D eigenvalue weighted by Crippen LogP contribution is -2.16. The number of hydrogen-bond donors (Lipinski definition) is 1. The van der Waals surface area contributed by atoms with Crippen LogP contribution in [0.5, 0.6) is 11.5 Å². The summed E-state index contributed by atoms with van der Waals surface area (Å²) in [6.45, 7) is 3.80. The Bertz CT molecular complexity index is 536. The minimum Gasteiger partial charge on any atom is -0.475 e. The molecule has 0 unspecified atom stereocenters. The molecule has 0 fully saturated rings. The Morgan fingerprint density at radius 3 is 2.50 bits per heavy atom. The Balaban J connectivity index is 2.70. The Hall–Kier alpha value is -1.56. The zero-order valence-corrected chi connectivity index (χ0v) is 11.4. The van der Waals surface area contributed by atoms with Crippen molar-refractivity contribution in [2.45, 2.75) is 19.8 Å². The van der Waals surface area contributed by atoms with E-state index < -0.39 is 11.8 Å². The molecular weight excluding hydrogens is 304 g/mol. The number of ketones is 1. The van der Waals surface area contributed by atoms with Crippen LogP contribution >= 0.6 is 15.9 Å². The second-order valence-electron chi connectivity index (χ2n) is 4.17. The number of fused-ring (bicyclic) bond motifs is 1. The minimum atomic E-state index is -1.48. The van der Waals surface area contributed by atoms with Crippen LogP contribution in [0.4, 0.5) is 0 Å². The van der Waals surface area contributed by atoms with Crippen molar-refractivity contribution >= 4 is 27.7 Å². The number of ether oxygens (including phenoxy) is 2. The third kappa shape index (κ3) is 1.96. The van der Waals surface area contributed by atoms with Crippen LogP contribution < -0.4 is 9.47 Å². The highest BCUT2D eigenvalue weighted by Gasteiger charge is 2.30. The molecule has 1 aromatic rings. The number of carbonyl (C=O) groups excluding carboxylic acids is 1. The Kier molecular flexibility index (Phi) is 3.30. The van der Waals surface area contributed by atoms with Crippen LogP contribution in [0.3, 0.4) is 0 Å². The maximum Gasteiger partial charge on any atom is 0.377 e. The van der Waals surface area contributed by atoms with Crippen LogP contribution in [0.25, 0.3) is 0 Å². The van der Waals surface area contributed by atoms with E-state index in [1.165, 1.54) is 6.07 Å². The monoisotopic (exact) mass is 314 g/mol. The number of Topliss-reactive ketones (excluding diaryl/α,β-unsaturated/α-hetero) is 1. The molecule has 0 atom stereocenters. The smallest absolute Gasteiger partial charge is 0.377 e. The van der Waals surface area contributed by atoms with Crippen molar-refractivity contribution in [3.05, 3.63) is 21.7 Å². The fourth-order valence-corrected chi connectivity index (χ4v) is 2.45. The van der Waals surface area contributed by atoms with Crippen LogP contribution in [0, 0.1) is 0 Å². The van der Waals surface area contributed by atoms with Crippen LogP contribution in [-0.2, 0) is 4.79 Å². The van der Waals surface area contributed by atoms with Crippen LogP contribution in [0.2, 0.25) is 0 Å². The molecule has 1 heterocycles. The standard InChI is InChI=1S/C12H11BrO5/c1-5(2)8-6(9(14)12(15)16)3-7(13)10-11(8)18-4-17-10/h3,5H,4H2,1-2H3,(H,15,16). The Morgan fingerprint density at radius 2 is 1.94 bits per heavy atom. The summed E-state index contributed by atoms with van der Waals surface area (Å²) in [5.41, 5.74) is 0.701. The first kappa shape index (κ1) is 12.9. The molecule has 0 amide bonds. The highest BCUT2D eigenvalue weighted by molar-refractivity contribution is 9.10. The summed E-state index contributed by atoms with van der Waals surface area (Å²) in [4.78, 5) is 22.6. The lowest BCUT2D eigenvalue weighted by molar-refractivity contribution is -0.131. The summed E-state index contributed by atoms with van der Waals surface area (Å²) in [7, 11) is 0. The largest absolute Gasteiger partial charge is 0.475 e. The van der Waals surface area contributed by atoms with Gasteiger partial charge in [-0.15, -0.1) is 0 Å². The molecule has 0 saturated heterocycles. The van der Waals surface area contributed by atoms with E-state index in [9.17, 15) is 9.59 Å². The molecule has 5 nitrogen and oxygen atoms in total. The fourth-order valence-electron chi connectivity index (χ4n) is 1.92. The maximum atomic E-state index is 11.7. The molecule has 6 heteroatoms. The number of carboxylic acids is 1. The van der Waals surface area contributed by atoms with E-state index in [-0.39, 0.29) is 18.3 Å². The number of benzene rings is 1. The summed E-state index contributed by atoms with van der Waals surface area (Å²) >= 11 is 3.25. The molecule has 0 aromatic heterocycles. The van der Waals surface area contributed by atoms with Crippen molar-refractivity contribution in [1.29, 1.82) is 0 Å². The van der Waals surface area contributed by atoms with E-state index in [4.69, 9.17) is 14.6 Å². The van der Waals surface area contributed by atoms with Gasteiger partial charge in [0.25, 0.3) is 5.78 Å². The number of carboxylic acid groups (broad SMARTS) is 1. The van der Waals surface area contributed by atoms with Crippen molar-refractivity contribution in [3.63, 3.8) is 0 Å². The SMILES string of the molecule is CC(C)c1c(C(=O)C(=O)O)cc(Br)c2c1OCO2. The average Bonchev–Trinajstić information content (AvgIpc) is 2.76. The van der Waals surface area contributed by atoms with Gasteiger partial charge in [0.15, 0.2) is 11.5 Å². The van der Waals surface area contributed by atoms with E-state index >= 15 is 0 Å². The van der Waals surface area contributed by atoms with Gasteiger partial charge < -0.3 is 14.6 Å². The normalized spacial score (nSPS) is 12.9. The second kappa shape index (κ2) is 4.61. The van der Waals surface area contributed by atoms with Gasteiger partial charge >= 0.3 is 5.97 Å². The lowest BCUT2D eigenvalue weighted by Gasteiger charge is -2.14. The zero-order chi connectivity index (χ0) is 13.4. The quantitative estimate of drug-likeness (QED) is 0.685. The van der Waals surface area contributed by atoms with Crippen LogP contribution in [-0.4, -0.2) is 23.7 Å². The molecule has 96 valence electrons. The molecule has 1 N–H and O–H groups in total. The molecule has 1 aromatic carbocycles. The molecule has 1 aliphatic heterocycles. The van der Waals surface area contributed by atoms with Gasteiger partial charge in [-0.05, 0) is 27.9 Å². The van der Waals surface area contributed by atoms with Gasteiger partial charge in [-0.1, -0.05) is 13.8 Å². The zero-order valence-electron chi connectivity index (χ0n) is 9.82. The van der Waals surface area contributed by atoms with Gasteiger partial charge in [-0.2, -0.15) is 0 Å². The van der Waals surface area contributed by atoms with E-state index in [0.717, 1.165) is 0 Å². The first-order valence-corrected chi connectivity index (χ1v) is 6.12. The van der Waals surface area contributed by atoms with Crippen molar-refractivity contribution in [2.24, 2.45) is 0 Å². The molecule has 2 rings (SSSR count). The maximum absolute atomic E-state index is 11.7. The molecule has 0 bridgehead atoms. The Morgan fingerprint density at radius 1 is 1.33 bits per heavy atom. The van der Waals surface area contributed by atoms with E-state index in [1.807, 2.05) is 13.8 Å². The second-order valence-corrected chi connectivity index (χ2v) is 5.03. The third-order valence-corrected chi connectivity index (χ3v) is 3.24. The predicted molar refractivity (Wildman–Crippen MR) is 66.3 cm³/mol. The average molecular weight is 315 g/mol. The van der Waals surface area contributed by atoms with Crippen molar-refractivity contribution in [2.75, 3.05) is 6.79 Å². The summed E-state index contributed by atoms with van der Waals surface area (Å²) in [5, 5.41) is 8.84. The molecule has 0 spiro atoms. The summed E-state index contributed by atoms with van der Waals surface area (Å²) < 4.78 is 11.1. The number of aliphatic carboxylic acids is 1. The van der Waals surface area contributed by atoms with Crippen molar-refractivity contribution in [1.82, 2.24) is 0 Å². The molecular formula is C12H11BrO5. The van der Waals surface area contributed by atoms with Crippen molar-refractivity contribution in [3.8, 4) is 11.5 Å². The first-order valence-electron chi connectivity index (χ1n) is 5.33. The van der Waals surface area contributed by atoms with E-state index in [2.05, 4.69) is 15.9 Å². The molecule has 1 aliphatic rings. The van der Waals surface area contributed by atoms with Gasteiger partial charge in [0.1, 0.15) is 0 Å². The lowest BCUT2D eigenvalue weighted by atomic mass is 9.93. The van der Waals surface area contributed by atoms with Gasteiger partial charge in [-0.25, -0.2) is 4.79 Å². The van der Waals surface area contributed by atoms with Crippen LogP contribution in [0.15, 0.2) is 10.5 Å². The topological polar surface area (TPSA) is 72.8 Å². The minimum absolute atomic E-state index is 0.0492. The highest BCUT2D eigenvalue weighted by atomic mass is 79.9. The first-order chi connectivity index (χ1) is 8.43. The molecule has 18 heavy (non-hydrogen) atoms. The van der Waals surface area contributed by atoms with Gasteiger partial charge in [-0.3, -0.25) is 4.79 Å². The number of halogens is 1. The Labute approximate surface area is 112 Å². The van der Waals surface area contributed by atoms with Gasteiger partial charge in [0.05, 0.1) is 4.47 Å². The molecule has 0 saturated carbocycles. The molecule has 0 aliphatic carbocycles. The number of hydrogen-bond acceptors (Lipinski definition) is 4. The van der Waals surface area contributed by atoms with E-state index in [0.29, 0.717) is 21.5 Å². The van der Waals surface area contributed by atoms with E-state index in [1.54, 1.807) is 0 Å². The number of carbonyl (C=O) groups is 2. The summed E-state index contributed by atoms with van der Waals surface area (Å²) in [6.07, 6.45) is 0. The summed E-state index contributed by atoms with van der Waals surface area (Å²) in [5.74, 6) is -1.52. The predicted octanol–water partition coefficient (Wildman–Crippen LogP) is 2.57. The van der Waals surface area contributed by atoms with Gasteiger partial charge in [0.2, 0.25) is 6.79 Å². The summed E-state index contributed by atoms with van der Waals surface area (Å²) in [6, 6.07) is 1.47. The van der Waals surface area contributed by atoms with Crippen molar-refractivity contribution < 1.29 is 24.2 Å². The number of rotatable bonds is 3. The fraction of sp³-hybridized carbons (Fsp3) is 0.333. The molecule has 0 radical (unpaired) electrons. The highest BCUT2D eigenvalue weighted by Crippen LogP contribution is 2.46. The third-order valence-electron chi connectivity index (χ3n) is 2.65. The van der Waals surface area contributed by atoms with Gasteiger partial charge in [0, 0.05) is 11.1 Å².